The van der Waals surface area contributed by atoms with Crippen molar-refractivity contribution >= 4 is 39.5 Å². The Morgan fingerprint density at radius 3 is 2.22 bits per heavy atom. The number of hydrogen-bond acceptors (Lipinski definition) is 4. The number of ether oxygens (including phenoxy) is 1. The zero-order chi connectivity index (χ0) is 20.6. The van der Waals surface area contributed by atoms with Crippen molar-refractivity contribution in [3.8, 4) is 0 Å². The summed E-state index contributed by atoms with van der Waals surface area (Å²) < 4.78 is 6.06. The molecule has 7 nitrogen and oxygen atoms in total. The molecule has 0 unspecified atom stereocenters. The first-order valence-electron chi connectivity index (χ1n) is 8.79. The number of halogens is 1. The van der Waals surface area contributed by atoms with E-state index in [0.717, 1.165) is 4.47 Å². The van der Waals surface area contributed by atoms with Gasteiger partial charge >= 0.3 is 12.0 Å². The van der Waals surface area contributed by atoms with E-state index in [1.54, 1.807) is 45.0 Å². The molecule has 0 spiro atoms. The molecule has 0 aliphatic rings. The summed E-state index contributed by atoms with van der Waals surface area (Å²) in [5.74, 6) is -0.783. The number of esters is 1. The second kappa shape index (κ2) is 10.3. The molecule has 1 atom stereocenters. The standard InChI is InChI=1S/C19H28BrN3O4/c1-12(2)10-15(17(25)21-11-16(24)27-19(3,4)5)23-18(26)22-14-8-6-13(20)7-9-14/h6-9,12,15H,10-11H2,1-5H3,(H,21,25)(H2,22,23,26)/t15-/m1/s1. The third-order valence-corrected chi connectivity index (χ3v) is 3.79. The summed E-state index contributed by atoms with van der Waals surface area (Å²) in [6.45, 7) is 8.90. The van der Waals surface area contributed by atoms with Gasteiger partial charge in [-0.25, -0.2) is 4.79 Å². The Morgan fingerprint density at radius 1 is 1.11 bits per heavy atom. The average molecular weight is 442 g/mol. The fourth-order valence-electron chi connectivity index (χ4n) is 2.22. The molecule has 1 rings (SSSR count). The summed E-state index contributed by atoms with van der Waals surface area (Å²) in [7, 11) is 0. The first-order valence-corrected chi connectivity index (χ1v) is 9.58. The highest BCUT2D eigenvalue weighted by Gasteiger charge is 2.23. The highest BCUT2D eigenvalue weighted by molar-refractivity contribution is 9.10. The van der Waals surface area contributed by atoms with Gasteiger partial charge in [0, 0.05) is 10.2 Å². The maximum absolute atomic E-state index is 12.4. The zero-order valence-electron chi connectivity index (χ0n) is 16.4. The third kappa shape index (κ3) is 9.98. The number of hydrogen-bond donors (Lipinski definition) is 3. The van der Waals surface area contributed by atoms with Gasteiger partial charge in [0.1, 0.15) is 18.2 Å². The quantitative estimate of drug-likeness (QED) is 0.564. The van der Waals surface area contributed by atoms with Crippen molar-refractivity contribution in [2.45, 2.75) is 52.7 Å². The topological polar surface area (TPSA) is 96.5 Å². The normalized spacial score (nSPS) is 12.3. The average Bonchev–Trinajstić information content (AvgIpc) is 2.52. The lowest BCUT2D eigenvalue weighted by Gasteiger charge is -2.22. The minimum atomic E-state index is -0.761. The van der Waals surface area contributed by atoms with Gasteiger partial charge in [0.2, 0.25) is 5.91 Å². The smallest absolute Gasteiger partial charge is 0.325 e. The summed E-state index contributed by atoms with van der Waals surface area (Å²) in [5.41, 5.74) is -0.0183. The van der Waals surface area contributed by atoms with Gasteiger partial charge in [-0.05, 0) is 57.4 Å². The van der Waals surface area contributed by atoms with E-state index in [0.29, 0.717) is 12.1 Å². The third-order valence-electron chi connectivity index (χ3n) is 3.26. The summed E-state index contributed by atoms with van der Waals surface area (Å²) in [6.07, 6.45) is 0.438. The van der Waals surface area contributed by atoms with Crippen LogP contribution in [0.2, 0.25) is 0 Å². The molecule has 0 aromatic heterocycles. The van der Waals surface area contributed by atoms with Crippen molar-refractivity contribution in [1.29, 1.82) is 0 Å². The van der Waals surface area contributed by atoms with E-state index in [2.05, 4.69) is 31.9 Å². The first kappa shape index (κ1) is 23.0. The molecule has 3 amide bonds. The molecule has 0 bridgehead atoms. The van der Waals surface area contributed by atoms with Gasteiger partial charge in [-0.3, -0.25) is 9.59 Å². The largest absolute Gasteiger partial charge is 0.459 e. The number of urea groups is 1. The molecular weight excluding hydrogens is 414 g/mol. The van der Waals surface area contributed by atoms with Crippen molar-refractivity contribution in [2.24, 2.45) is 5.92 Å². The summed E-state index contributed by atoms with van der Waals surface area (Å²) in [6, 6.07) is 5.83. The van der Waals surface area contributed by atoms with Crippen LogP contribution in [-0.2, 0) is 14.3 Å². The van der Waals surface area contributed by atoms with E-state index >= 15 is 0 Å². The minimum absolute atomic E-state index is 0.176. The highest BCUT2D eigenvalue weighted by Crippen LogP contribution is 2.14. The Labute approximate surface area is 168 Å². The predicted octanol–water partition coefficient (Wildman–Crippen LogP) is 3.44. The molecule has 0 saturated carbocycles. The number of nitrogens with one attached hydrogen (secondary N) is 3. The van der Waals surface area contributed by atoms with Crippen molar-refractivity contribution in [1.82, 2.24) is 10.6 Å². The second-order valence-corrected chi connectivity index (χ2v) is 8.51. The minimum Gasteiger partial charge on any atom is -0.459 e. The van der Waals surface area contributed by atoms with Gasteiger partial charge in [0.25, 0.3) is 0 Å². The Hall–Kier alpha value is -2.09. The Bertz CT molecular complexity index is 654. The predicted molar refractivity (Wildman–Crippen MR) is 108 cm³/mol. The van der Waals surface area contributed by atoms with Gasteiger partial charge in [0.05, 0.1) is 0 Å². The van der Waals surface area contributed by atoms with Crippen LogP contribution in [0.5, 0.6) is 0 Å². The van der Waals surface area contributed by atoms with Crippen LogP contribution in [0, 0.1) is 5.92 Å². The van der Waals surface area contributed by atoms with Crippen molar-refractivity contribution < 1.29 is 19.1 Å². The van der Waals surface area contributed by atoms with Crippen LogP contribution in [0.1, 0.15) is 41.0 Å². The molecule has 8 heteroatoms. The molecule has 150 valence electrons. The summed E-state index contributed by atoms with van der Waals surface area (Å²) in [4.78, 5) is 36.4. The fraction of sp³-hybridized carbons (Fsp3) is 0.526. The second-order valence-electron chi connectivity index (χ2n) is 7.59. The van der Waals surface area contributed by atoms with Crippen LogP contribution < -0.4 is 16.0 Å². The molecule has 27 heavy (non-hydrogen) atoms. The number of carbonyl (C=O) groups excluding carboxylic acids is 3. The molecule has 0 aliphatic carbocycles. The van der Waals surface area contributed by atoms with E-state index in [1.165, 1.54) is 0 Å². The van der Waals surface area contributed by atoms with E-state index in [1.807, 2.05) is 13.8 Å². The van der Waals surface area contributed by atoms with Crippen molar-refractivity contribution in [2.75, 3.05) is 11.9 Å². The molecular formula is C19H28BrN3O4. The Kier molecular flexibility index (Phi) is 8.75. The maximum atomic E-state index is 12.4. The van der Waals surface area contributed by atoms with Gasteiger partial charge < -0.3 is 20.7 Å². The summed E-state index contributed by atoms with van der Waals surface area (Å²) >= 11 is 3.33. The zero-order valence-corrected chi connectivity index (χ0v) is 18.0. The molecule has 0 aliphatic heterocycles. The number of anilines is 1. The van der Waals surface area contributed by atoms with Crippen LogP contribution in [-0.4, -0.2) is 36.1 Å². The Balaban J connectivity index is 2.62. The van der Waals surface area contributed by atoms with Crippen LogP contribution in [0.25, 0.3) is 0 Å². The van der Waals surface area contributed by atoms with Crippen LogP contribution >= 0.6 is 15.9 Å². The molecule has 0 fully saturated rings. The van der Waals surface area contributed by atoms with Crippen LogP contribution in [0.15, 0.2) is 28.7 Å². The van der Waals surface area contributed by atoms with E-state index < -0.39 is 29.6 Å². The van der Waals surface area contributed by atoms with E-state index in [-0.39, 0.29) is 12.5 Å². The van der Waals surface area contributed by atoms with Gasteiger partial charge in [-0.1, -0.05) is 29.8 Å². The first-order chi connectivity index (χ1) is 12.5. The number of amides is 3. The lowest BCUT2D eigenvalue weighted by Crippen LogP contribution is -2.50. The lowest BCUT2D eigenvalue weighted by molar-refractivity contribution is -0.154. The molecule has 0 heterocycles. The van der Waals surface area contributed by atoms with Crippen LogP contribution in [0.3, 0.4) is 0 Å². The molecule has 0 saturated heterocycles. The van der Waals surface area contributed by atoms with Gasteiger partial charge in [-0.15, -0.1) is 0 Å². The lowest BCUT2D eigenvalue weighted by atomic mass is 10.0. The highest BCUT2D eigenvalue weighted by atomic mass is 79.9. The molecule has 1 aromatic rings. The monoisotopic (exact) mass is 441 g/mol. The van der Waals surface area contributed by atoms with Crippen LogP contribution in [0.4, 0.5) is 10.5 Å². The molecule has 1 aromatic carbocycles. The van der Waals surface area contributed by atoms with Crippen molar-refractivity contribution in [3.63, 3.8) is 0 Å². The number of carbonyl (C=O) groups is 3. The fourth-order valence-corrected chi connectivity index (χ4v) is 2.49. The van der Waals surface area contributed by atoms with Gasteiger partial charge in [0.15, 0.2) is 0 Å². The number of rotatable bonds is 7. The molecule has 3 N–H and O–H groups in total. The van der Waals surface area contributed by atoms with Gasteiger partial charge in [-0.2, -0.15) is 0 Å². The van der Waals surface area contributed by atoms with Crippen molar-refractivity contribution in [3.05, 3.63) is 28.7 Å². The SMILES string of the molecule is CC(C)C[C@@H](NC(=O)Nc1ccc(Br)cc1)C(=O)NCC(=O)OC(C)(C)C. The van der Waals surface area contributed by atoms with E-state index in [9.17, 15) is 14.4 Å². The number of benzene rings is 1. The summed E-state index contributed by atoms with van der Waals surface area (Å²) in [5, 5.41) is 7.86. The molecule has 0 radical (unpaired) electrons. The van der Waals surface area contributed by atoms with E-state index in [4.69, 9.17) is 4.74 Å². The maximum Gasteiger partial charge on any atom is 0.325 e. The Morgan fingerprint density at radius 2 is 1.70 bits per heavy atom.